The average Bonchev–Trinajstić information content (AvgIpc) is 3.51. The topological polar surface area (TPSA) is 135 Å². The number of nitrogens with one attached hydrogen (secondary N) is 1. The van der Waals surface area contributed by atoms with E-state index in [1.807, 2.05) is 0 Å². The van der Waals surface area contributed by atoms with Crippen molar-refractivity contribution in [1.29, 1.82) is 0 Å². The molecule has 0 aliphatic carbocycles. The lowest BCUT2D eigenvalue weighted by Crippen LogP contribution is -2.39. The number of amides is 3. The second kappa shape index (κ2) is 9.72. The summed E-state index contributed by atoms with van der Waals surface area (Å²) in [6, 6.07) is 6.20. The van der Waals surface area contributed by atoms with Gasteiger partial charge in [0, 0.05) is 69.7 Å². The summed E-state index contributed by atoms with van der Waals surface area (Å²) in [5.41, 5.74) is 0.683. The Morgan fingerprint density at radius 3 is 2.72 bits per heavy atom. The highest BCUT2D eigenvalue weighted by molar-refractivity contribution is 5.94. The molecule has 2 atom stereocenters. The zero-order valence-electron chi connectivity index (χ0n) is 19.8. The summed E-state index contributed by atoms with van der Waals surface area (Å²) >= 11 is 0. The lowest BCUT2D eigenvalue weighted by Gasteiger charge is -2.20. The van der Waals surface area contributed by atoms with Gasteiger partial charge in [-0.2, -0.15) is 0 Å². The fourth-order valence-corrected chi connectivity index (χ4v) is 4.72. The zero-order chi connectivity index (χ0) is 25.2. The summed E-state index contributed by atoms with van der Waals surface area (Å²) in [5.74, 6) is -0.928. The number of rotatable bonds is 1. The van der Waals surface area contributed by atoms with E-state index < -0.39 is 11.5 Å². The predicted octanol–water partition coefficient (Wildman–Crippen LogP) is -0.212. The van der Waals surface area contributed by atoms with Crippen LogP contribution < -0.4 is 10.9 Å². The van der Waals surface area contributed by atoms with Gasteiger partial charge in [0.15, 0.2) is 0 Å². The van der Waals surface area contributed by atoms with Crippen molar-refractivity contribution in [3.63, 3.8) is 0 Å². The number of aromatic nitrogens is 5. The van der Waals surface area contributed by atoms with Crippen LogP contribution in [0.5, 0.6) is 0 Å². The Bertz CT molecular complexity index is 1350. The predicted molar refractivity (Wildman–Crippen MR) is 127 cm³/mol. The van der Waals surface area contributed by atoms with E-state index in [1.165, 1.54) is 15.5 Å². The van der Waals surface area contributed by atoms with Crippen LogP contribution >= 0.6 is 0 Å². The van der Waals surface area contributed by atoms with Gasteiger partial charge in [-0.05, 0) is 24.3 Å². The first-order valence-corrected chi connectivity index (χ1v) is 11.7. The minimum absolute atomic E-state index is 0.0481. The summed E-state index contributed by atoms with van der Waals surface area (Å²) in [6.07, 6.45) is 6.67. The highest BCUT2D eigenvalue weighted by atomic mass is 16.2. The van der Waals surface area contributed by atoms with Crippen molar-refractivity contribution in [1.82, 2.24) is 39.7 Å². The number of likely N-dealkylation sites (N-methyl/N-ethyl adjacent to an activating group) is 1. The number of likely N-dealkylation sites (tertiary alicyclic amines) is 1. The van der Waals surface area contributed by atoms with Gasteiger partial charge in [-0.1, -0.05) is 5.21 Å². The Kier molecular flexibility index (Phi) is 6.32. The Labute approximate surface area is 206 Å². The maximum atomic E-state index is 13.1. The van der Waals surface area contributed by atoms with Gasteiger partial charge < -0.3 is 19.7 Å². The number of hydrogen-bond acceptors (Lipinski definition) is 7. The van der Waals surface area contributed by atoms with Gasteiger partial charge in [-0.25, -0.2) is 4.68 Å². The van der Waals surface area contributed by atoms with Gasteiger partial charge in [-0.15, -0.1) is 5.10 Å². The first-order valence-electron chi connectivity index (χ1n) is 11.7. The maximum absolute atomic E-state index is 13.1. The van der Waals surface area contributed by atoms with Crippen molar-refractivity contribution in [2.24, 2.45) is 5.92 Å². The van der Waals surface area contributed by atoms with Crippen LogP contribution in [0.25, 0.3) is 0 Å². The number of nitrogens with zero attached hydrogens (tertiary/aromatic N) is 7. The Morgan fingerprint density at radius 2 is 1.92 bits per heavy atom. The molecule has 12 nitrogen and oxygen atoms in total. The molecular formula is C24H26N8O4. The van der Waals surface area contributed by atoms with Crippen LogP contribution in [0.4, 0.5) is 0 Å². The molecule has 4 bridgehead atoms. The van der Waals surface area contributed by atoms with Crippen molar-refractivity contribution in [2.75, 3.05) is 33.2 Å². The molecule has 0 saturated carbocycles. The molecule has 3 amide bonds. The molecule has 12 heteroatoms. The van der Waals surface area contributed by atoms with Gasteiger partial charge >= 0.3 is 0 Å². The Hall–Kier alpha value is -4.35. The Morgan fingerprint density at radius 1 is 1.11 bits per heavy atom. The van der Waals surface area contributed by atoms with E-state index in [4.69, 9.17) is 0 Å². The number of fused-ring (bicyclic) bond motifs is 6. The molecule has 0 spiro atoms. The summed E-state index contributed by atoms with van der Waals surface area (Å²) in [4.78, 5) is 58.8. The summed E-state index contributed by atoms with van der Waals surface area (Å²) in [6.45, 7) is 1.39. The molecule has 2 aliphatic heterocycles. The third-order valence-electron chi connectivity index (χ3n) is 6.67. The Balaban J connectivity index is 1.46. The minimum atomic E-state index is -0.423. The van der Waals surface area contributed by atoms with Crippen LogP contribution in [0.15, 0.2) is 53.8 Å². The highest BCUT2D eigenvalue weighted by Gasteiger charge is 2.38. The molecular weight excluding hydrogens is 464 g/mol. The molecule has 1 fully saturated rings. The molecule has 1 N–H and O–H groups in total. The molecule has 0 radical (unpaired) electrons. The van der Waals surface area contributed by atoms with E-state index in [0.717, 1.165) is 0 Å². The quantitative estimate of drug-likeness (QED) is 0.499. The SMILES string of the molecule is CN1CCNC(=O)C[C@H]2CN(C(=O)c3ccncc3)C[C@H]2n2cc(nn2)Cn2cccc(c2=O)C1=O. The molecule has 36 heavy (non-hydrogen) atoms. The smallest absolute Gasteiger partial charge is 0.263 e. The summed E-state index contributed by atoms with van der Waals surface area (Å²) in [5, 5.41) is 11.4. The third-order valence-corrected chi connectivity index (χ3v) is 6.67. The number of carbonyl (C=O) groups is 3. The minimum Gasteiger partial charge on any atom is -0.354 e. The summed E-state index contributed by atoms with van der Waals surface area (Å²) < 4.78 is 3.10. The van der Waals surface area contributed by atoms with Crippen molar-refractivity contribution in [3.8, 4) is 0 Å². The average molecular weight is 491 g/mol. The van der Waals surface area contributed by atoms with Crippen molar-refractivity contribution < 1.29 is 14.4 Å². The van der Waals surface area contributed by atoms with Crippen molar-refractivity contribution >= 4 is 17.7 Å². The molecule has 3 aromatic rings. The van der Waals surface area contributed by atoms with E-state index in [9.17, 15) is 19.2 Å². The van der Waals surface area contributed by atoms with E-state index in [-0.39, 0.29) is 55.4 Å². The molecule has 5 rings (SSSR count). The van der Waals surface area contributed by atoms with Crippen LogP contribution in [0.3, 0.4) is 0 Å². The number of carbonyl (C=O) groups excluding carboxylic acids is 3. The highest BCUT2D eigenvalue weighted by Crippen LogP contribution is 2.31. The molecule has 0 aromatic carbocycles. The van der Waals surface area contributed by atoms with E-state index >= 15 is 0 Å². The lowest BCUT2D eigenvalue weighted by atomic mass is 9.99. The van der Waals surface area contributed by atoms with Gasteiger partial charge in [-0.3, -0.25) is 24.2 Å². The van der Waals surface area contributed by atoms with Crippen molar-refractivity contribution in [3.05, 3.63) is 76.2 Å². The molecule has 5 heterocycles. The van der Waals surface area contributed by atoms with E-state index in [0.29, 0.717) is 24.3 Å². The molecule has 1 saturated heterocycles. The lowest BCUT2D eigenvalue weighted by molar-refractivity contribution is -0.122. The van der Waals surface area contributed by atoms with Crippen LogP contribution in [0.2, 0.25) is 0 Å². The second-order valence-corrected chi connectivity index (χ2v) is 9.10. The molecule has 186 valence electrons. The maximum Gasteiger partial charge on any atom is 0.263 e. The van der Waals surface area contributed by atoms with Crippen LogP contribution in [-0.2, 0) is 11.3 Å². The fourth-order valence-electron chi connectivity index (χ4n) is 4.72. The van der Waals surface area contributed by atoms with Crippen LogP contribution in [0.1, 0.15) is 38.9 Å². The number of pyridine rings is 2. The van der Waals surface area contributed by atoms with Crippen molar-refractivity contribution in [2.45, 2.75) is 19.0 Å². The molecule has 2 aliphatic rings. The van der Waals surface area contributed by atoms with Crippen LogP contribution in [0, 0.1) is 5.92 Å². The second-order valence-electron chi connectivity index (χ2n) is 9.10. The normalized spacial score (nSPS) is 20.7. The summed E-state index contributed by atoms with van der Waals surface area (Å²) in [7, 11) is 1.59. The van der Waals surface area contributed by atoms with Gasteiger partial charge in [0.1, 0.15) is 11.3 Å². The molecule has 0 unspecified atom stereocenters. The van der Waals surface area contributed by atoms with Gasteiger partial charge in [0.2, 0.25) is 5.91 Å². The standard InChI is InChI=1S/C24H26N8O4/c1-29-10-8-26-21(33)11-17-12-31(22(34)16-4-6-25-7-5-16)15-20(17)32-14-18(27-28-32)13-30-9-2-3-19(23(29)35)24(30)36/h2-7,9,14,17,20H,8,10-13,15H2,1H3,(H,26,33)/t17-,20+/m0/s1. The first kappa shape index (κ1) is 23.4. The van der Waals surface area contributed by atoms with E-state index in [1.54, 1.807) is 59.6 Å². The number of hydrogen-bond donors (Lipinski definition) is 1. The fraction of sp³-hybridized carbons (Fsp3) is 0.375. The van der Waals surface area contributed by atoms with Gasteiger partial charge in [0.05, 0.1) is 18.8 Å². The van der Waals surface area contributed by atoms with E-state index in [2.05, 4.69) is 20.6 Å². The zero-order valence-corrected chi connectivity index (χ0v) is 19.8. The third kappa shape index (κ3) is 4.61. The van der Waals surface area contributed by atoms with Gasteiger partial charge in [0.25, 0.3) is 17.4 Å². The molecule has 3 aromatic heterocycles. The van der Waals surface area contributed by atoms with Crippen LogP contribution in [-0.4, -0.2) is 85.3 Å². The monoisotopic (exact) mass is 490 g/mol. The largest absolute Gasteiger partial charge is 0.354 e. The first-order chi connectivity index (χ1) is 17.4.